The molecule has 0 unspecified atom stereocenters. The Morgan fingerprint density at radius 3 is 2.92 bits per heavy atom. The summed E-state index contributed by atoms with van der Waals surface area (Å²) in [6, 6.07) is 0.148. The number of likely N-dealkylation sites (tertiary alicyclic amines) is 1. The highest BCUT2D eigenvalue weighted by Crippen LogP contribution is 2.16. The number of nitrogens with zero attached hydrogens (tertiary/aromatic N) is 1. The Morgan fingerprint density at radius 2 is 2.33 bits per heavy atom. The Kier molecular flexibility index (Phi) is 3.53. The summed E-state index contributed by atoms with van der Waals surface area (Å²) in [4.78, 5) is 13.7. The van der Waals surface area contributed by atoms with Crippen LogP contribution in [0.15, 0.2) is 0 Å². The lowest BCUT2D eigenvalue weighted by Crippen LogP contribution is -2.42. The standard InChI is InChI=1S/C9H18N2O/c1-3-10-9(12)8-6-5-7-11(8)4-2/h8H,3-7H2,1-2H3,(H,10,12)/t8-/m1/s1. The van der Waals surface area contributed by atoms with Gasteiger partial charge in [-0.1, -0.05) is 6.92 Å². The van der Waals surface area contributed by atoms with Crippen molar-refractivity contribution in [2.24, 2.45) is 0 Å². The Bertz CT molecular complexity index is 159. The third kappa shape index (κ3) is 1.97. The van der Waals surface area contributed by atoms with E-state index in [1.807, 2.05) is 6.92 Å². The molecule has 1 N–H and O–H groups in total. The van der Waals surface area contributed by atoms with Crippen molar-refractivity contribution in [2.45, 2.75) is 32.7 Å². The Hall–Kier alpha value is -0.570. The summed E-state index contributed by atoms with van der Waals surface area (Å²) < 4.78 is 0. The van der Waals surface area contributed by atoms with Crippen LogP contribution < -0.4 is 5.32 Å². The number of rotatable bonds is 3. The lowest BCUT2D eigenvalue weighted by Gasteiger charge is -2.21. The smallest absolute Gasteiger partial charge is 0.237 e. The normalized spacial score (nSPS) is 24.3. The van der Waals surface area contributed by atoms with E-state index in [0.29, 0.717) is 0 Å². The molecule has 70 valence electrons. The molecule has 12 heavy (non-hydrogen) atoms. The maximum Gasteiger partial charge on any atom is 0.237 e. The van der Waals surface area contributed by atoms with Crippen LogP contribution in [0, 0.1) is 0 Å². The highest BCUT2D eigenvalue weighted by molar-refractivity contribution is 5.81. The average molecular weight is 170 g/mol. The molecule has 3 heteroatoms. The largest absolute Gasteiger partial charge is 0.355 e. The second-order valence-electron chi connectivity index (χ2n) is 3.18. The Labute approximate surface area is 74.1 Å². The minimum Gasteiger partial charge on any atom is -0.355 e. The van der Waals surface area contributed by atoms with Gasteiger partial charge in [0.05, 0.1) is 6.04 Å². The maximum atomic E-state index is 11.5. The molecule has 0 spiro atoms. The van der Waals surface area contributed by atoms with Gasteiger partial charge in [0.1, 0.15) is 0 Å². The van der Waals surface area contributed by atoms with Crippen LogP contribution in [0.3, 0.4) is 0 Å². The molecule has 1 fully saturated rings. The van der Waals surface area contributed by atoms with Crippen LogP contribution in [0.5, 0.6) is 0 Å². The molecule has 0 saturated carbocycles. The monoisotopic (exact) mass is 170 g/mol. The fourth-order valence-corrected chi connectivity index (χ4v) is 1.79. The third-order valence-corrected chi connectivity index (χ3v) is 2.42. The molecular weight excluding hydrogens is 152 g/mol. The fraction of sp³-hybridized carbons (Fsp3) is 0.889. The van der Waals surface area contributed by atoms with Gasteiger partial charge in [-0.15, -0.1) is 0 Å². The van der Waals surface area contributed by atoms with Crippen LogP contribution in [0.2, 0.25) is 0 Å². The summed E-state index contributed by atoms with van der Waals surface area (Å²) >= 11 is 0. The van der Waals surface area contributed by atoms with Crippen molar-refractivity contribution in [1.82, 2.24) is 10.2 Å². The first-order valence-electron chi connectivity index (χ1n) is 4.81. The fourth-order valence-electron chi connectivity index (χ4n) is 1.79. The quantitative estimate of drug-likeness (QED) is 0.673. The molecule has 3 nitrogen and oxygen atoms in total. The average Bonchev–Trinajstić information content (AvgIpc) is 2.51. The number of hydrogen-bond donors (Lipinski definition) is 1. The molecule has 0 bridgehead atoms. The van der Waals surface area contributed by atoms with Crippen molar-refractivity contribution in [3.05, 3.63) is 0 Å². The zero-order valence-corrected chi connectivity index (χ0v) is 7.97. The van der Waals surface area contributed by atoms with Gasteiger partial charge < -0.3 is 5.32 Å². The zero-order chi connectivity index (χ0) is 8.97. The molecule has 1 aliphatic rings. The lowest BCUT2D eigenvalue weighted by molar-refractivity contribution is -0.125. The van der Waals surface area contributed by atoms with Gasteiger partial charge in [-0.25, -0.2) is 0 Å². The molecule has 0 aromatic heterocycles. The van der Waals surface area contributed by atoms with Gasteiger partial charge in [0.15, 0.2) is 0 Å². The molecule has 0 aliphatic carbocycles. The Balaban J connectivity index is 2.43. The topological polar surface area (TPSA) is 32.3 Å². The van der Waals surface area contributed by atoms with Crippen molar-refractivity contribution >= 4 is 5.91 Å². The second-order valence-corrected chi connectivity index (χ2v) is 3.18. The minimum absolute atomic E-state index is 0.148. The van der Waals surface area contributed by atoms with E-state index in [2.05, 4.69) is 17.1 Å². The molecule has 1 heterocycles. The van der Waals surface area contributed by atoms with Crippen LogP contribution in [-0.4, -0.2) is 36.5 Å². The van der Waals surface area contributed by atoms with E-state index in [9.17, 15) is 4.79 Å². The molecular formula is C9H18N2O. The molecule has 0 aromatic carbocycles. The number of hydrogen-bond acceptors (Lipinski definition) is 2. The van der Waals surface area contributed by atoms with E-state index in [0.717, 1.165) is 32.5 Å². The van der Waals surface area contributed by atoms with Crippen molar-refractivity contribution in [1.29, 1.82) is 0 Å². The summed E-state index contributed by atoms with van der Waals surface area (Å²) in [6.45, 7) is 6.88. The van der Waals surface area contributed by atoms with E-state index < -0.39 is 0 Å². The summed E-state index contributed by atoms with van der Waals surface area (Å²) in [5.74, 6) is 0.205. The summed E-state index contributed by atoms with van der Waals surface area (Å²) in [5.41, 5.74) is 0. The van der Waals surface area contributed by atoms with Gasteiger partial charge in [-0.05, 0) is 32.9 Å². The van der Waals surface area contributed by atoms with E-state index >= 15 is 0 Å². The van der Waals surface area contributed by atoms with E-state index in [-0.39, 0.29) is 11.9 Å². The van der Waals surface area contributed by atoms with E-state index in [4.69, 9.17) is 0 Å². The Morgan fingerprint density at radius 1 is 1.58 bits per heavy atom. The number of carbonyl (C=O) groups excluding carboxylic acids is 1. The highest BCUT2D eigenvalue weighted by atomic mass is 16.2. The summed E-state index contributed by atoms with van der Waals surface area (Å²) in [6.07, 6.45) is 2.19. The highest BCUT2D eigenvalue weighted by Gasteiger charge is 2.28. The van der Waals surface area contributed by atoms with Crippen molar-refractivity contribution in [2.75, 3.05) is 19.6 Å². The van der Waals surface area contributed by atoms with Crippen molar-refractivity contribution in [3.8, 4) is 0 Å². The van der Waals surface area contributed by atoms with Gasteiger partial charge >= 0.3 is 0 Å². The van der Waals surface area contributed by atoms with Gasteiger partial charge in [-0.2, -0.15) is 0 Å². The summed E-state index contributed by atoms with van der Waals surface area (Å²) in [7, 11) is 0. The molecule has 1 atom stereocenters. The number of nitrogens with one attached hydrogen (secondary N) is 1. The molecule has 1 saturated heterocycles. The molecule has 1 aliphatic heterocycles. The van der Waals surface area contributed by atoms with Crippen LogP contribution >= 0.6 is 0 Å². The first kappa shape index (κ1) is 9.52. The minimum atomic E-state index is 0.148. The number of amides is 1. The molecule has 0 radical (unpaired) electrons. The number of likely N-dealkylation sites (N-methyl/N-ethyl adjacent to an activating group) is 2. The van der Waals surface area contributed by atoms with Gasteiger partial charge in [0, 0.05) is 6.54 Å². The first-order chi connectivity index (χ1) is 5.79. The van der Waals surface area contributed by atoms with Crippen LogP contribution in [0.4, 0.5) is 0 Å². The van der Waals surface area contributed by atoms with Gasteiger partial charge in [-0.3, -0.25) is 9.69 Å². The van der Waals surface area contributed by atoms with Crippen LogP contribution in [0.1, 0.15) is 26.7 Å². The molecule has 1 amide bonds. The van der Waals surface area contributed by atoms with Gasteiger partial charge in [0.25, 0.3) is 0 Å². The predicted molar refractivity (Wildman–Crippen MR) is 49.0 cm³/mol. The van der Waals surface area contributed by atoms with Crippen molar-refractivity contribution < 1.29 is 4.79 Å². The van der Waals surface area contributed by atoms with Gasteiger partial charge in [0.2, 0.25) is 5.91 Å². The molecule has 1 rings (SSSR count). The van der Waals surface area contributed by atoms with Crippen molar-refractivity contribution in [3.63, 3.8) is 0 Å². The van der Waals surface area contributed by atoms with E-state index in [1.54, 1.807) is 0 Å². The summed E-state index contributed by atoms with van der Waals surface area (Å²) in [5, 5.41) is 2.87. The third-order valence-electron chi connectivity index (χ3n) is 2.42. The lowest BCUT2D eigenvalue weighted by atomic mass is 10.2. The first-order valence-corrected chi connectivity index (χ1v) is 4.81. The second kappa shape index (κ2) is 4.45. The van der Waals surface area contributed by atoms with Crippen LogP contribution in [0.25, 0.3) is 0 Å². The van der Waals surface area contributed by atoms with E-state index in [1.165, 1.54) is 0 Å². The maximum absolute atomic E-state index is 11.5. The number of carbonyl (C=O) groups is 1. The van der Waals surface area contributed by atoms with Crippen LogP contribution in [-0.2, 0) is 4.79 Å². The SMILES string of the molecule is CCNC(=O)[C@H]1CCCN1CC. The molecule has 0 aromatic rings. The predicted octanol–water partition coefficient (Wildman–Crippen LogP) is 0.607. The zero-order valence-electron chi connectivity index (χ0n) is 7.97.